The van der Waals surface area contributed by atoms with E-state index < -0.39 is 11.1 Å². The Labute approximate surface area is 111 Å². The number of aromatic amines is 1. The summed E-state index contributed by atoms with van der Waals surface area (Å²) in [5, 5.41) is 15.1. The highest BCUT2D eigenvalue weighted by Crippen LogP contribution is 2.49. The summed E-state index contributed by atoms with van der Waals surface area (Å²) in [6, 6.07) is 7.45. The van der Waals surface area contributed by atoms with Gasteiger partial charge in [0.1, 0.15) is 0 Å². The minimum Gasteiger partial charge on any atom is -0.323 e. The lowest BCUT2D eigenvalue weighted by Gasteiger charge is -2.32. The van der Waals surface area contributed by atoms with Crippen molar-refractivity contribution in [3.8, 4) is 0 Å². The molecule has 0 aliphatic carbocycles. The van der Waals surface area contributed by atoms with Crippen molar-refractivity contribution in [2.75, 3.05) is 0 Å². The smallest absolute Gasteiger partial charge is 0.256 e. The number of nitrogens with zero attached hydrogens (tertiary/aromatic N) is 1. The van der Waals surface area contributed by atoms with E-state index in [-0.39, 0.29) is 5.56 Å². The SMILES string of the molecule is CC1(C)c2[nH]c(=O)c3ccccc3c2C(C)(C)N1[O]. The molecule has 0 unspecified atom stereocenters. The summed E-state index contributed by atoms with van der Waals surface area (Å²) in [7, 11) is 0. The Morgan fingerprint density at radius 2 is 1.58 bits per heavy atom. The van der Waals surface area contributed by atoms with Crippen molar-refractivity contribution in [3.63, 3.8) is 0 Å². The highest BCUT2D eigenvalue weighted by molar-refractivity contribution is 5.87. The number of benzene rings is 1. The maximum Gasteiger partial charge on any atom is 0.256 e. The molecular weight excluding hydrogens is 240 g/mol. The van der Waals surface area contributed by atoms with Crippen molar-refractivity contribution in [1.82, 2.24) is 10.0 Å². The van der Waals surface area contributed by atoms with Crippen molar-refractivity contribution < 1.29 is 5.21 Å². The van der Waals surface area contributed by atoms with Gasteiger partial charge in [0, 0.05) is 16.6 Å². The lowest BCUT2D eigenvalue weighted by Crippen LogP contribution is -2.41. The summed E-state index contributed by atoms with van der Waals surface area (Å²) in [5.74, 6) is 0. The molecule has 19 heavy (non-hydrogen) atoms. The summed E-state index contributed by atoms with van der Waals surface area (Å²) in [6.45, 7) is 7.49. The number of hydrogen-bond acceptors (Lipinski definition) is 2. The lowest BCUT2D eigenvalue weighted by atomic mass is 9.90. The van der Waals surface area contributed by atoms with E-state index in [4.69, 9.17) is 0 Å². The molecule has 1 radical (unpaired) electrons. The molecular formula is C15H17N2O2. The van der Waals surface area contributed by atoms with Gasteiger partial charge in [0.05, 0.1) is 11.1 Å². The van der Waals surface area contributed by atoms with Gasteiger partial charge in [0.2, 0.25) is 0 Å². The van der Waals surface area contributed by atoms with Crippen LogP contribution in [0.3, 0.4) is 0 Å². The number of rotatable bonds is 0. The second-order valence-electron chi connectivity index (χ2n) is 6.16. The summed E-state index contributed by atoms with van der Waals surface area (Å²) in [4.78, 5) is 15.1. The van der Waals surface area contributed by atoms with E-state index in [2.05, 4.69) is 4.98 Å². The van der Waals surface area contributed by atoms with Gasteiger partial charge < -0.3 is 4.98 Å². The normalized spacial score (nSPS) is 20.7. The van der Waals surface area contributed by atoms with Crippen molar-refractivity contribution in [3.05, 3.63) is 45.9 Å². The maximum atomic E-state index is 12.6. The molecule has 0 atom stereocenters. The Hall–Kier alpha value is -1.65. The topological polar surface area (TPSA) is 56.0 Å². The summed E-state index contributed by atoms with van der Waals surface area (Å²) in [6.07, 6.45) is 0. The van der Waals surface area contributed by atoms with Gasteiger partial charge in [-0.2, -0.15) is 0 Å². The van der Waals surface area contributed by atoms with Crippen LogP contribution in [0.4, 0.5) is 0 Å². The first-order valence-electron chi connectivity index (χ1n) is 6.41. The zero-order chi connectivity index (χ0) is 14.0. The maximum absolute atomic E-state index is 12.6. The number of nitrogens with one attached hydrogen (secondary N) is 1. The Balaban J connectivity index is 2.54. The molecule has 1 N–H and O–H groups in total. The van der Waals surface area contributed by atoms with Gasteiger partial charge in [-0.25, -0.2) is 0 Å². The molecule has 2 aromatic rings. The van der Waals surface area contributed by atoms with E-state index >= 15 is 0 Å². The molecule has 0 spiro atoms. The largest absolute Gasteiger partial charge is 0.323 e. The molecule has 3 rings (SSSR count). The van der Waals surface area contributed by atoms with Gasteiger partial charge in [-0.15, -0.1) is 10.3 Å². The van der Waals surface area contributed by atoms with E-state index in [0.717, 1.165) is 21.7 Å². The number of pyridine rings is 1. The van der Waals surface area contributed by atoms with E-state index in [1.54, 1.807) is 6.07 Å². The molecule has 4 nitrogen and oxygen atoms in total. The van der Waals surface area contributed by atoms with Crippen molar-refractivity contribution >= 4 is 10.8 Å². The third kappa shape index (κ3) is 1.38. The minimum absolute atomic E-state index is 0.131. The van der Waals surface area contributed by atoms with Crippen LogP contribution in [0.2, 0.25) is 0 Å². The number of H-pyrrole nitrogens is 1. The lowest BCUT2D eigenvalue weighted by molar-refractivity contribution is -0.266. The van der Waals surface area contributed by atoms with Crippen LogP contribution in [0.25, 0.3) is 10.8 Å². The predicted molar refractivity (Wildman–Crippen MR) is 73.1 cm³/mol. The fourth-order valence-electron chi connectivity index (χ4n) is 3.27. The zero-order valence-electron chi connectivity index (χ0n) is 11.6. The second-order valence-corrected chi connectivity index (χ2v) is 6.16. The highest BCUT2D eigenvalue weighted by Gasteiger charge is 2.51. The van der Waals surface area contributed by atoms with Gasteiger partial charge in [0.15, 0.2) is 0 Å². The average Bonchev–Trinajstić information content (AvgIpc) is 2.49. The molecule has 0 saturated carbocycles. The molecule has 2 heterocycles. The predicted octanol–water partition coefficient (Wildman–Crippen LogP) is 2.66. The molecule has 0 bridgehead atoms. The van der Waals surface area contributed by atoms with E-state index in [0.29, 0.717) is 5.39 Å². The first-order chi connectivity index (χ1) is 8.78. The third-order valence-corrected chi connectivity index (χ3v) is 4.17. The second kappa shape index (κ2) is 3.46. The first-order valence-corrected chi connectivity index (χ1v) is 6.41. The number of aromatic nitrogens is 1. The van der Waals surface area contributed by atoms with E-state index in [9.17, 15) is 10.0 Å². The monoisotopic (exact) mass is 257 g/mol. The fraction of sp³-hybridized carbons (Fsp3) is 0.400. The Morgan fingerprint density at radius 3 is 2.21 bits per heavy atom. The summed E-state index contributed by atoms with van der Waals surface area (Å²) >= 11 is 0. The molecule has 0 amide bonds. The van der Waals surface area contributed by atoms with Gasteiger partial charge in [-0.1, -0.05) is 18.2 Å². The van der Waals surface area contributed by atoms with Crippen molar-refractivity contribution in [2.24, 2.45) is 0 Å². The Morgan fingerprint density at radius 1 is 1.00 bits per heavy atom. The van der Waals surface area contributed by atoms with Crippen LogP contribution in [0.5, 0.6) is 0 Å². The minimum atomic E-state index is -0.720. The first kappa shape index (κ1) is 12.4. The van der Waals surface area contributed by atoms with Crippen LogP contribution in [0.15, 0.2) is 29.1 Å². The third-order valence-electron chi connectivity index (χ3n) is 4.17. The zero-order valence-corrected chi connectivity index (χ0v) is 11.6. The number of fused-ring (bicyclic) bond motifs is 3. The van der Waals surface area contributed by atoms with Gasteiger partial charge >= 0.3 is 0 Å². The van der Waals surface area contributed by atoms with Crippen LogP contribution in [-0.2, 0) is 16.3 Å². The van der Waals surface area contributed by atoms with Crippen molar-refractivity contribution in [1.29, 1.82) is 0 Å². The molecule has 0 saturated heterocycles. The van der Waals surface area contributed by atoms with Gasteiger partial charge in [-0.05, 0) is 39.1 Å². The van der Waals surface area contributed by atoms with Gasteiger partial charge in [-0.3, -0.25) is 4.79 Å². The number of hydrogen-bond donors (Lipinski definition) is 1. The van der Waals surface area contributed by atoms with Crippen LogP contribution in [0, 0.1) is 0 Å². The summed E-state index contributed by atoms with van der Waals surface area (Å²) in [5.41, 5.74) is 0.164. The fourth-order valence-corrected chi connectivity index (χ4v) is 3.27. The van der Waals surface area contributed by atoms with Crippen LogP contribution in [-0.4, -0.2) is 10.0 Å². The van der Waals surface area contributed by atoms with Crippen LogP contribution >= 0.6 is 0 Å². The number of hydroxylamine groups is 2. The highest BCUT2D eigenvalue weighted by atomic mass is 16.5. The molecule has 4 heteroatoms. The van der Waals surface area contributed by atoms with Crippen LogP contribution in [0.1, 0.15) is 39.0 Å². The van der Waals surface area contributed by atoms with Crippen molar-refractivity contribution in [2.45, 2.75) is 38.8 Å². The molecule has 99 valence electrons. The average molecular weight is 257 g/mol. The Bertz CT molecular complexity index is 728. The van der Waals surface area contributed by atoms with E-state index in [1.165, 1.54) is 0 Å². The van der Waals surface area contributed by atoms with Gasteiger partial charge in [0.25, 0.3) is 5.56 Å². The van der Waals surface area contributed by atoms with Crippen LogP contribution < -0.4 is 5.56 Å². The molecule has 1 aromatic carbocycles. The molecule has 1 aromatic heterocycles. The molecule has 1 aliphatic rings. The van der Waals surface area contributed by atoms with E-state index in [1.807, 2.05) is 45.9 Å². The quantitative estimate of drug-likeness (QED) is 0.788. The Kier molecular flexibility index (Phi) is 2.26. The summed E-state index contributed by atoms with van der Waals surface area (Å²) < 4.78 is 0. The molecule has 0 fully saturated rings. The standard InChI is InChI=1S/C15H17N2O2/c1-14(2)11-9-7-5-6-8-10(9)13(18)16-12(11)15(3,4)17(14)19/h5-8H,1-4H3,(H,16,18). The molecule has 1 aliphatic heterocycles.